The van der Waals surface area contributed by atoms with E-state index in [1.807, 2.05) is 28.9 Å². The number of rotatable bonds is 2. The van der Waals surface area contributed by atoms with Gasteiger partial charge in [-0.1, -0.05) is 12.1 Å². The number of nitriles is 1. The van der Waals surface area contributed by atoms with Gasteiger partial charge in [0, 0.05) is 49.0 Å². The highest BCUT2D eigenvalue weighted by molar-refractivity contribution is 5.72. The molecule has 0 aliphatic carbocycles. The fourth-order valence-electron chi connectivity index (χ4n) is 5.85. The van der Waals surface area contributed by atoms with Gasteiger partial charge in [-0.15, -0.1) is 0 Å². The zero-order chi connectivity index (χ0) is 22.7. The van der Waals surface area contributed by atoms with Crippen molar-refractivity contribution < 1.29 is 0 Å². The summed E-state index contributed by atoms with van der Waals surface area (Å²) in [4.78, 5) is 7.12. The number of hydrogen-bond donors (Lipinski definition) is 1. The normalized spacial score (nSPS) is 17.8. The molecular formula is C27H25N7. The predicted octanol–water partition coefficient (Wildman–Crippen LogP) is 3.83. The van der Waals surface area contributed by atoms with Gasteiger partial charge >= 0.3 is 0 Å². The lowest BCUT2D eigenvalue weighted by Gasteiger charge is -2.53. The fraction of sp³-hybridized carbons (Fsp3) is 0.296. The molecule has 0 saturated carbocycles. The molecule has 7 heteroatoms. The summed E-state index contributed by atoms with van der Waals surface area (Å²) in [6, 6.07) is 18.9. The van der Waals surface area contributed by atoms with Crippen LogP contribution in [0.2, 0.25) is 0 Å². The Kier molecular flexibility index (Phi) is 4.20. The first-order valence-corrected chi connectivity index (χ1v) is 11.9. The van der Waals surface area contributed by atoms with E-state index in [4.69, 9.17) is 5.26 Å². The van der Waals surface area contributed by atoms with Crippen LogP contribution in [0.1, 0.15) is 24.0 Å². The third-order valence-electron chi connectivity index (χ3n) is 7.63. The topological polar surface area (TPSA) is 74.7 Å². The fourth-order valence-corrected chi connectivity index (χ4v) is 5.85. The van der Waals surface area contributed by atoms with E-state index < -0.39 is 0 Å². The molecule has 0 atom stereocenters. The summed E-state index contributed by atoms with van der Waals surface area (Å²) in [6.07, 6.45) is 6.43. The van der Waals surface area contributed by atoms with Crippen molar-refractivity contribution in [1.29, 1.82) is 5.26 Å². The van der Waals surface area contributed by atoms with Gasteiger partial charge in [0.05, 0.1) is 23.0 Å². The van der Waals surface area contributed by atoms with Crippen molar-refractivity contribution >= 4 is 5.69 Å². The van der Waals surface area contributed by atoms with Crippen molar-refractivity contribution in [1.82, 2.24) is 24.6 Å². The lowest BCUT2D eigenvalue weighted by Crippen LogP contribution is -2.62. The second-order valence-corrected chi connectivity index (χ2v) is 9.88. The van der Waals surface area contributed by atoms with Gasteiger partial charge in [-0.25, -0.2) is 9.67 Å². The first-order valence-electron chi connectivity index (χ1n) is 11.9. The summed E-state index contributed by atoms with van der Waals surface area (Å²) >= 11 is 0. The molecule has 2 fully saturated rings. The van der Waals surface area contributed by atoms with Gasteiger partial charge in [-0.3, -0.25) is 0 Å². The van der Waals surface area contributed by atoms with Crippen LogP contribution in [-0.4, -0.2) is 45.5 Å². The van der Waals surface area contributed by atoms with Crippen LogP contribution < -0.4 is 10.2 Å². The number of piperidine rings is 1. The van der Waals surface area contributed by atoms with E-state index in [1.165, 1.54) is 24.1 Å². The smallest absolute Gasteiger partial charge is 0.179 e. The molecule has 168 valence electrons. The summed E-state index contributed by atoms with van der Waals surface area (Å²) in [5.74, 6) is 0.850. The minimum absolute atomic E-state index is 0.452. The third-order valence-corrected chi connectivity index (χ3v) is 7.63. The first kappa shape index (κ1) is 19.6. The van der Waals surface area contributed by atoms with Crippen molar-refractivity contribution in [3.8, 4) is 34.4 Å². The van der Waals surface area contributed by atoms with Crippen molar-refractivity contribution in [3.63, 3.8) is 0 Å². The van der Waals surface area contributed by atoms with Crippen molar-refractivity contribution in [2.45, 2.75) is 19.4 Å². The van der Waals surface area contributed by atoms with E-state index in [0.29, 0.717) is 11.0 Å². The lowest BCUT2D eigenvalue weighted by atomic mass is 9.74. The van der Waals surface area contributed by atoms with Crippen molar-refractivity contribution in [3.05, 3.63) is 72.2 Å². The number of nitrogens with one attached hydrogen (secondary N) is 1. The van der Waals surface area contributed by atoms with Crippen LogP contribution in [-0.2, 0) is 6.54 Å². The van der Waals surface area contributed by atoms with Gasteiger partial charge in [-0.05, 0) is 66.9 Å². The van der Waals surface area contributed by atoms with Crippen LogP contribution >= 0.6 is 0 Å². The van der Waals surface area contributed by atoms with E-state index in [2.05, 4.69) is 61.4 Å². The third kappa shape index (κ3) is 2.99. The Morgan fingerprint density at radius 2 is 1.91 bits per heavy atom. The summed E-state index contributed by atoms with van der Waals surface area (Å²) in [5, 5.41) is 17.3. The van der Waals surface area contributed by atoms with Crippen LogP contribution in [0.5, 0.6) is 0 Å². The van der Waals surface area contributed by atoms with Gasteiger partial charge in [0.2, 0.25) is 0 Å². The molecule has 2 aromatic carbocycles. The van der Waals surface area contributed by atoms with E-state index in [1.54, 1.807) is 6.33 Å². The summed E-state index contributed by atoms with van der Waals surface area (Å²) in [7, 11) is 0. The highest BCUT2D eigenvalue weighted by Gasteiger charge is 2.43. The Balaban J connectivity index is 1.24. The molecule has 7 nitrogen and oxygen atoms in total. The minimum Gasteiger partial charge on any atom is -0.370 e. The monoisotopic (exact) mass is 447 g/mol. The van der Waals surface area contributed by atoms with Gasteiger partial charge in [0.1, 0.15) is 6.33 Å². The molecule has 3 aliphatic rings. The van der Waals surface area contributed by atoms with E-state index >= 15 is 0 Å². The molecule has 1 N–H and O–H groups in total. The number of fused-ring (bicyclic) bond motifs is 5. The lowest BCUT2D eigenvalue weighted by molar-refractivity contribution is 0.157. The second kappa shape index (κ2) is 7.31. The van der Waals surface area contributed by atoms with E-state index in [9.17, 15) is 0 Å². The maximum absolute atomic E-state index is 9.12. The minimum atomic E-state index is 0.452. The Morgan fingerprint density at radius 3 is 2.71 bits per heavy atom. The number of hydrogen-bond acceptors (Lipinski definition) is 5. The molecule has 4 aromatic rings. The van der Waals surface area contributed by atoms with Gasteiger partial charge < -0.3 is 14.8 Å². The highest BCUT2D eigenvalue weighted by Crippen LogP contribution is 2.41. The predicted molar refractivity (Wildman–Crippen MR) is 131 cm³/mol. The average Bonchev–Trinajstić information content (AvgIpc) is 3.48. The molecular weight excluding hydrogens is 422 g/mol. The summed E-state index contributed by atoms with van der Waals surface area (Å²) in [6.45, 7) is 5.32. The maximum atomic E-state index is 9.12. The molecule has 5 heterocycles. The van der Waals surface area contributed by atoms with Gasteiger partial charge in [-0.2, -0.15) is 10.4 Å². The van der Waals surface area contributed by atoms with E-state index in [-0.39, 0.29) is 0 Å². The Morgan fingerprint density at radius 1 is 1.03 bits per heavy atom. The molecule has 1 spiro atoms. The zero-order valence-corrected chi connectivity index (χ0v) is 18.9. The van der Waals surface area contributed by atoms with E-state index in [0.717, 1.165) is 61.1 Å². The van der Waals surface area contributed by atoms with Crippen LogP contribution in [0.3, 0.4) is 0 Å². The summed E-state index contributed by atoms with van der Waals surface area (Å²) in [5.41, 5.74) is 8.00. The molecule has 0 bridgehead atoms. The summed E-state index contributed by atoms with van der Waals surface area (Å²) < 4.78 is 4.23. The maximum Gasteiger partial charge on any atom is 0.179 e. The van der Waals surface area contributed by atoms with Gasteiger partial charge in [0.15, 0.2) is 5.82 Å². The highest BCUT2D eigenvalue weighted by atomic mass is 15.4. The van der Waals surface area contributed by atoms with Crippen molar-refractivity contribution in [2.24, 2.45) is 5.41 Å². The number of anilines is 1. The zero-order valence-electron chi connectivity index (χ0n) is 18.9. The Labute approximate surface area is 198 Å². The SMILES string of the molecule is N#Cc1ccc(-c2cc3n(c2)Cc2cc(N4CC5(CCCNC5)C4)ccc2-n2ncnc2-3)cc1. The second-order valence-electron chi connectivity index (χ2n) is 9.88. The molecule has 2 saturated heterocycles. The van der Waals surface area contributed by atoms with Crippen LogP contribution in [0, 0.1) is 16.7 Å². The first-order chi connectivity index (χ1) is 16.7. The van der Waals surface area contributed by atoms with Gasteiger partial charge in [0.25, 0.3) is 0 Å². The average molecular weight is 448 g/mol. The Hall–Kier alpha value is -3.89. The van der Waals surface area contributed by atoms with Crippen LogP contribution in [0.25, 0.3) is 28.3 Å². The Bertz CT molecular complexity index is 1420. The van der Waals surface area contributed by atoms with Crippen molar-refractivity contribution in [2.75, 3.05) is 31.1 Å². The largest absolute Gasteiger partial charge is 0.370 e. The molecule has 0 radical (unpaired) electrons. The number of benzene rings is 2. The molecule has 7 rings (SSSR count). The molecule has 2 aromatic heterocycles. The molecule has 3 aliphatic heterocycles. The standard InChI is InChI=1S/C27H25N7/c28-12-19-2-4-20(5-3-19)21-11-25-26-30-18-31-34(26)24-7-6-23(10-22(24)14-32(25)13-21)33-16-27(17-33)8-1-9-29-15-27/h2-7,10-11,13,18,29H,1,8-9,14-17H2. The number of nitrogens with zero attached hydrogens (tertiary/aromatic N) is 6. The molecule has 0 amide bonds. The van der Waals surface area contributed by atoms with Crippen LogP contribution in [0.15, 0.2) is 61.1 Å². The molecule has 0 unspecified atom stereocenters. The quantitative estimate of drug-likeness (QED) is 0.445. The molecule has 34 heavy (non-hydrogen) atoms. The van der Waals surface area contributed by atoms with Crippen LogP contribution in [0.4, 0.5) is 5.69 Å². The number of aromatic nitrogens is 4.